The first-order chi connectivity index (χ1) is 13.9. The average molecular weight is 404 g/mol. The Bertz CT molecular complexity index is 869. The van der Waals surface area contributed by atoms with E-state index >= 15 is 0 Å². The SMILES string of the molecule is COc1cc(OC)cc(C(=O)N2CCC(C(=O)Nc3cc(F)cc(F)c3)CC2)c1. The van der Waals surface area contributed by atoms with Gasteiger partial charge in [0.1, 0.15) is 23.1 Å². The number of halogens is 2. The van der Waals surface area contributed by atoms with E-state index in [0.717, 1.165) is 18.2 Å². The number of rotatable bonds is 5. The minimum Gasteiger partial charge on any atom is -0.497 e. The van der Waals surface area contributed by atoms with E-state index in [0.29, 0.717) is 43.0 Å². The smallest absolute Gasteiger partial charge is 0.254 e. The van der Waals surface area contributed by atoms with Gasteiger partial charge < -0.3 is 19.7 Å². The third kappa shape index (κ3) is 5.01. The normalized spacial score (nSPS) is 14.4. The highest BCUT2D eigenvalue weighted by atomic mass is 19.1. The zero-order chi connectivity index (χ0) is 21.0. The quantitative estimate of drug-likeness (QED) is 0.829. The largest absolute Gasteiger partial charge is 0.497 e. The van der Waals surface area contributed by atoms with E-state index in [1.807, 2.05) is 0 Å². The molecule has 8 heteroatoms. The van der Waals surface area contributed by atoms with Crippen molar-refractivity contribution in [2.75, 3.05) is 32.6 Å². The molecular formula is C21H22F2N2O4. The molecule has 154 valence electrons. The second kappa shape index (κ2) is 8.89. The number of amides is 2. The van der Waals surface area contributed by atoms with Crippen LogP contribution < -0.4 is 14.8 Å². The summed E-state index contributed by atoms with van der Waals surface area (Å²) in [7, 11) is 3.02. The molecule has 2 aromatic rings. The molecule has 1 aliphatic heterocycles. The molecule has 0 radical (unpaired) electrons. The highest BCUT2D eigenvalue weighted by Crippen LogP contribution is 2.26. The first-order valence-electron chi connectivity index (χ1n) is 9.19. The predicted octanol–water partition coefficient (Wildman–Crippen LogP) is 3.47. The molecule has 2 amide bonds. The van der Waals surface area contributed by atoms with Crippen LogP contribution in [0.2, 0.25) is 0 Å². The fourth-order valence-electron chi connectivity index (χ4n) is 3.33. The van der Waals surface area contributed by atoms with Crippen molar-refractivity contribution < 1.29 is 27.8 Å². The van der Waals surface area contributed by atoms with Gasteiger partial charge in [0, 0.05) is 42.4 Å². The van der Waals surface area contributed by atoms with Gasteiger partial charge >= 0.3 is 0 Å². The third-order valence-corrected chi connectivity index (χ3v) is 4.88. The molecule has 6 nitrogen and oxygen atoms in total. The van der Waals surface area contributed by atoms with E-state index in [1.54, 1.807) is 23.1 Å². The number of hydrogen-bond acceptors (Lipinski definition) is 4. The zero-order valence-corrected chi connectivity index (χ0v) is 16.2. The number of ether oxygens (including phenoxy) is 2. The van der Waals surface area contributed by atoms with Crippen LogP contribution in [0.3, 0.4) is 0 Å². The molecule has 1 N–H and O–H groups in total. The van der Waals surface area contributed by atoms with Gasteiger partial charge in [0.2, 0.25) is 5.91 Å². The van der Waals surface area contributed by atoms with Crippen molar-refractivity contribution in [1.29, 1.82) is 0 Å². The molecule has 1 saturated heterocycles. The van der Waals surface area contributed by atoms with Crippen LogP contribution in [0.15, 0.2) is 36.4 Å². The van der Waals surface area contributed by atoms with Gasteiger partial charge in [-0.25, -0.2) is 8.78 Å². The first-order valence-corrected chi connectivity index (χ1v) is 9.19. The lowest BCUT2D eigenvalue weighted by molar-refractivity contribution is -0.121. The van der Waals surface area contributed by atoms with Gasteiger partial charge in [-0.1, -0.05) is 0 Å². The Kier molecular flexibility index (Phi) is 6.31. The summed E-state index contributed by atoms with van der Waals surface area (Å²) in [4.78, 5) is 26.9. The lowest BCUT2D eigenvalue weighted by Gasteiger charge is -2.31. The highest BCUT2D eigenvalue weighted by Gasteiger charge is 2.28. The van der Waals surface area contributed by atoms with Crippen molar-refractivity contribution >= 4 is 17.5 Å². The van der Waals surface area contributed by atoms with Crippen LogP contribution in [0.1, 0.15) is 23.2 Å². The molecular weight excluding hydrogens is 382 g/mol. The van der Waals surface area contributed by atoms with E-state index in [1.165, 1.54) is 14.2 Å². The Morgan fingerprint density at radius 1 is 0.931 bits per heavy atom. The molecule has 0 spiro atoms. The number of nitrogens with one attached hydrogen (secondary N) is 1. The van der Waals surface area contributed by atoms with Gasteiger partial charge in [0.05, 0.1) is 14.2 Å². The number of piperidine rings is 1. The Morgan fingerprint density at radius 3 is 2.00 bits per heavy atom. The van der Waals surface area contributed by atoms with Crippen molar-refractivity contribution in [2.24, 2.45) is 5.92 Å². The number of nitrogens with zero attached hydrogens (tertiary/aromatic N) is 1. The zero-order valence-electron chi connectivity index (χ0n) is 16.2. The van der Waals surface area contributed by atoms with Crippen molar-refractivity contribution in [2.45, 2.75) is 12.8 Å². The van der Waals surface area contributed by atoms with Crippen LogP contribution in [-0.4, -0.2) is 44.0 Å². The van der Waals surface area contributed by atoms with Crippen LogP contribution in [-0.2, 0) is 4.79 Å². The van der Waals surface area contributed by atoms with Crippen molar-refractivity contribution in [3.8, 4) is 11.5 Å². The number of carbonyl (C=O) groups excluding carboxylic acids is 2. The van der Waals surface area contributed by atoms with Gasteiger partial charge in [0.15, 0.2) is 0 Å². The Morgan fingerprint density at radius 2 is 1.48 bits per heavy atom. The number of methoxy groups -OCH3 is 2. The number of likely N-dealkylation sites (tertiary alicyclic amines) is 1. The maximum Gasteiger partial charge on any atom is 0.254 e. The van der Waals surface area contributed by atoms with Crippen LogP contribution >= 0.6 is 0 Å². The maximum absolute atomic E-state index is 13.3. The molecule has 1 aliphatic rings. The van der Waals surface area contributed by atoms with Gasteiger partial charge in [0.25, 0.3) is 5.91 Å². The highest BCUT2D eigenvalue weighted by molar-refractivity contribution is 5.96. The van der Waals surface area contributed by atoms with Gasteiger partial charge in [-0.3, -0.25) is 9.59 Å². The summed E-state index contributed by atoms with van der Waals surface area (Å²) in [6, 6.07) is 7.84. The number of carbonyl (C=O) groups is 2. The van der Waals surface area contributed by atoms with E-state index in [-0.39, 0.29) is 23.4 Å². The molecule has 3 rings (SSSR count). The Hall–Kier alpha value is -3.16. The van der Waals surface area contributed by atoms with Crippen molar-refractivity contribution in [3.05, 3.63) is 53.6 Å². The number of hydrogen-bond donors (Lipinski definition) is 1. The molecule has 0 unspecified atom stereocenters. The van der Waals surface area contributed by atoms with E-state index < -0.39 is 11.6 Å². The predicted molar refractivity (Wildman–Crippen MR) is 103 cm³/mol. The molecule has 0 atom stereocenters. The number of anilines is 1. The Labute approximate surface area is 167 Å². The minimum atomic E-state index is -0.755. The standard InChI is InChI=1S/C21H22F2N2O4/c1-28-18-7-14(8-19(12-18)29-2)21(27)25-5-3-13(4-6-25)20(26)24-17-10-15(22)9-16(23)11-17/h7-13H,3-6H2,1-2H3,(H,24,26). The van der Waals surface area contributed by atoms with Crippen molar-refractivity contribution in [1.82, 2.24) is 4.90 Å². The second-order valence-corrected chi connectivity index (χ2v) is 6.82. The Balaban J connectivity index is 1.61. The van der Waals surface area contributed by atoms with E-state index in [9.17, 15) is 18.4 Å². The van der Waals surface area contributed by atoms with Gasteiger partial charge in [-0.15, -0.1) is 0 Å². The summed E-state index contributed by atoms with van der Waals surface area (Å²) in [5.41, 5.74) is 0.522. The van der Waals surface area contributed by atoms with Crippen LogP contribution in [0.5, 0.6) is 11.5 Å². The molecule has 0 saturated carbocycles. The lowest BCUT2D eigenvalue weighted by atomic mass is 9.95. The van der Waals surface area contributed by atoms with Crippen molar-refractivity contribution in [3.63, 3.8) is 0 Å². The lowest BCUT2D eigenvalue weighted by Crippen LogP contribution is -2.41. The van der Waals surface area contributed by atoms with Gasteiger partial charge in [-0.2, -0.15) is 0 Å². The molecule has 0 bridgehead atoms. The monoisotopic (exact) mass is 404 g/mol. The minimum absolute atomic E-state index is 0.0782. The molecule has 29 heavy (non-hydrogen) atoms. The van der Waals surface area contributed by atoms with E-state index in [2.05, 4.69) is 5.32 Å². The summed E-state index contributed by atoms with van der Waals surface area (Å²) in [5, 5.41) is 2.54. The second-order valence-electron chi connectivity index (χ2n) is 6.82. The molecule has 0 aliphatic carbocycles. The van der Waals surface area contributed by atoms with Crippen LogP contribution in [0.25, 0.3) is 0 Å². The fourth-order valence-corrected chi connectivity index (χ4v) is 3.33. The summed E-state index contributed by atoms with van der Waals surface area (Å²) < 4.78 is 37.0. The molecule has 1 heterocycles. The summed E-state index contributed by atoms with van der Waals surface area (Å²) in [6.07, 6.45) is 0.910. The molecule has 1 fully saturated rings. The molecule has 2 aromatic carbocycles. The summed E-state index contributed by atoms with van der Waals surface area (Å²) in [5.74, 6) is -1.30. The summed E-state index contributed by atoms with van der Waals surface area (Å²) >= 11 is 0. The van der Waals surface area contributed by atoms with Crippen LogP contribution in [0.4, 0.5) is 14.5 Å². The van der Waals surface area contributed by atoms with E-state index in [4.69, 9.17) is 9.47 Å². The topological polar surface area (TPSA) is 67.9 Å². The average Bonchev–Trinajstić information content (AvgIpc) is 2.72. The van der Waals surface area contributed by atoms with Gasteiger partial charge in [-0.05, 0) is 37.1 Å². The third-order valence-electron chi connectivity index (χ3n) is 4.88. The maximum atomic E-state index is 13.3. The summed E-state index contributed by atoms with van der Waals surface area (Å²) in [6.45, 7) is 0.794. The fraction of sp³-hybridized carbons (Fsp3) is 0.333. The molecule has 0 aromatic heterocycles. The number of benzene rings is 2. The first kappa shape index (κ1) is 20.6. The van der Waals surface area contributed by atoms with Crippen LogP contribution in [0, 0.1) is 17.6 Å².